The van der Waals surface area contributed by atoms with Crippen molar-refractivity contribution in [1.29, 1.82) is 0 Å². The Hall–Kier alpha value is -0.540. The molecule has 0 bridgehead atoms. The monoisotopic (exact) mass is 566 g/mol. The van der Waals surface area contributed by atoms with E-state index in [4.69, 9.17) is 0 Å². The van der Waals surface area contributed by atoms with Gasteiger partial charge >= 0.3 is 47.4 Å². The minimum Gasteiger partial charge on any atom is -0.191 e. The van der Waals surface area contributed by atoms with Crippen molar-refractivity contribution >= 4 is 15.8 Å². The summed E-state index contributed by atoms with van der Waals surface area (Å²) < 4.78 is 257. The van der Waals surface area contributed by atoms with Crippen LogP contribution < -0.4 is 0 Å². The molecule has 0 spiro atoms. The Morgan fingerprint density at radius 2 is 0.469 bits per heavy atom. The zero-order valence-electron chi connectivity index (χ0n) is 14.0. The zero-order valence-corrected chi connectivity index (χ0v) is 15.8. The van der Waals surface area contributed by atoms with E-state index in [0.717, 1.165) is 0 Å². The van der Waals surface area contributed by atoms with Crippen LogP contribution in [0.5, 0.6) is 0 Å². The fraction of sp³-hybridized carbons (Fsp3) is 1.00. The van der Waals surface area contributed by atoms with Gasteiger partial charge in [-0.1, -0.05) is 6.92 Å². The normalized spacial score (nSPS) is 16.5. The van der Waals surface area contributed by atoms with Crippen LogP contribution in [0.4, 0.5) is 87.8 Å². The molecule has 0 nitrogen and oxygen atoms in total. The Bertz CT molecular complexity index is 541. The molecule has 0 heterocycles. The number of rotatable bonds is 6. The van der Waals surface area contributed by atoms with Gasteiger partial charge in [0.2, 0.25) is 0 Å². The predicted octanol–water partition coefficient (Wildman–Crippen LogP) is 8.92. The van der Waals surface area contributed by atoms with Crippen molar-refractivity contribution in [3.05, 3.63) is 0 Å². The first-order valence-corrected chi connectivity index (χ1v) is 9.59. The molecule has 0 rings (SSSR count). The SMILES string of the molecule is CC(P(C(F)(F)C(F)(F)F)C(F)(F)C(F)(F)F)P(C(F)(F)C(F)(F)F)C(F)(F)C(F)(F)F. The summed E-state index contributed by atoms with van der Waals surface area (Å²) in [6.45, 7) is -1.24. The summed E-state index contributed by atoms with van der Waals surface area (Å²) in [7, 11) is -14.4. The molecule has 0 aromatic rings. The Balaban J connectivity index is 7.43. The minimum absolute atomic E-state index is 1.24. The summed E-state index contributed by atoms with van der Waals surface area (Å²) in [6, 6.07) is 0. The molecule has 0 saturated heterocycles. The van der Waals surface area contributed by atoms with Gasteiger partial charge in [0.05, 0.1) is 15.8 Å². The van der Waals surface area contributed by atoms with Gasteiger partial charge in [-0.05, 0) is 0 Å². The summed E-state index contributed by atoms with van der Waals surface area (Å²) >= 11 is 0. The molecule has 0 saturated carbocycles. The maximum absolute atomic E-state index is 13.5. The highest BCUT2D eigenvalue weighted by atomic mass is 31.2. The topological polar surface area (TPSA) is 0 Å². The van der Waals surface area contributed by atoms with Crippen molar-refractivity contribution in [2.45, 2.75) is 59.7 Å². The Morgan fingerprint density at radius 3 is 0.562 bits per heavy atom. The summed E-state index contributed by atoms with van der Waals surface area (Å²) in [4.78, 5) is 0. The maximum atomic E-state index is 13.5. The van der Waals surface area contributed by atoms with E-state index in [0.29, 0.717) is 0 Å². The van der Waals surface area contributed by atoms with Gasteiger partial charge in [0.1, 0.15) is 0 Å². The van der Waals surface area contributed by atoms with Gasteiger partial charge in [-0.25, -0.2) is 0 Å². The van der Waals surface area contributed by atoms with Gasteiger partial charge in [-0.3, -0.25) is 0 Å². The molecule has 0 aliphatic rings. The Kier molecular flexibility index (Phi) is 8.15. The fourth-order valence-corrected chi connectivity index (χ4v) is 8.29. The first-order chi connectivity index (χ1) is 13.4. The second-order valence-electron chi connectivity index (χ2n) is 5.53. The maximum Gasteiger partial charge on any atom is 0.457 e. The van der Waals surface area contributed by atoms with Crippen LogP contribution in [0.25, 0.3) is 0 Å². The highest BCUT2D eigenvalue weighted by Gasteiger charge is 2.83. The first-order valence-electron chi connectivity index (χ1n) is 6.77. The van der Waals surface area contributed by atoms with E-state index in [1.807, 2.05) is 0 Å². The van der Waals surface area contributed by atoms with Crippen molar-refractivity contribution in [2.24, 2.45) is 0 Å². The Morgan fingerprint density at radius 1 is 0.344 bits per heavy atom. The van der Waals surface area contributed by atoms with Crippen LogP contribution in [-0.2, 0) is 0 Å². The van der Waals surface area contributed by atoms with Crippen LogP contribution >= 0.6 is 15.8 Å². The van der Waals surface area contributed by atoms with Crippen LogP contribution in [0.1, 0.15) is 6.92 Å². The molecule has 0 aromatic carbocycles. The zero-order chi connectivity index (χ0) is 26.7. The third-order valence-electron chi connectivity index (χ3n) is 3.32. The lowest BCUT2D eigenvalue weighted by Gasteiger charge is -2.45. The van der Waals surface area contributed by atoms with Crippen LogP contribution in [-0.4, -0.2) is 52.8 Å². The first kappa shape index (κ1) is 31.5. The molecule has 0 atom stereocenters. The molecule has 0 N–H and O–H groups in total. The van der Waals surface area contributed by atoms with Crippen LogP contribution in [0, 0.1) is 0 Å². The van der Waals surface area contributed by atoms with Crippen LogP contribution in [0.15, 0.2) is 0 Å². The number of halogens is 20. The van der Waals surface area contributed by atoms with E-state index in [9.17, 15) is 87.8 Å². The molecular formula is C10H4F20P2. The van der Waals surface area contributed by atoms with Gasteiger partial charge in [-0.2, -0.15) is 87.8 Å². The summed E-state index contributed by atoms with van der Waals surface area (Å²) in [5.41, 5.74) is -30.4. The van der Waals surface area contributed by atoms with Crippen molar-refractivity contribution in [2.75, 3.05) is 0 Å². The second kappa shape index (κ2) is 8.29. The lowest BCUT2D eigenvalue weighted by atomic mass is 10.7. The molecule has 0 aliphatic carbocycles. The smallest absolute Gasteiger partial charge is 0.191 e. The molecule has 32 heavy (non-hydrogen) atoms. The second-order valence-corrected chi connectivity index (χ2v) is 11.2. The highest BCUT2D eigenvalue weighted by Crippen LogP contribution is 2.85. The average Bonchev–Trinajstić information content (AvgIpc) is 2.40. The lowest BCUT2D eigenvalue weighted by Crippen LogP contribution is -2.51. The van der Waals surface area contributed by atoms with Gasteiger partial charge in [0, 0.05) is 5.40 Å². The van der Waals surface area contributed by atoms with Gasteiger partial charge in [0.25, 0.3) is 0 Å². The van der Waals surface area contributed by atoms with Crippen molar-refractivity contribution in [3.63, 3.8) is 0 Å². The van der Waals surface area contributed by atoms with Crippen molar-refractivity contribution < 1.29 is 87.8 Å². The van der Waals surface area contributed by atoms with E-state index < -0.39 is 75.5 Å². The molecule has 0 aliphatic heterocycles. The fourth-order valence-electron chi connectivity index (χ4n) is 1.95. The van der Waals surface area contributed by atoms with E-state index in [1.54, 1.807) is 0 Å². The van der Waals surface area contributed by atoms with Crippen LogP contribution in [0.2, 0.25) is 0 Å². The molecule has 0 fully saturated rings. The molecule has 0 unspecified atom stereocenters. The summed E-state index contributed by atoms with van der Waals surface area (Å²) in [5, 5.41) is -5.18. The highest BCUT2D eigenvalue weighted by molar-refractivity contribution is 7.78. The van der Waals surface area contributed by atoms with Crippen molar-refractivity contribution in [3.8, 4) is 0 Å². The lowest BCUT2D eigenvalue weighted by molar-refractivity contribution is -0.264. The number of hydrogen-bond donors (Lipinski definition) is 0. The van der Waals surface area contributed by atoms with Crippen LogP contribution in [0.3, 0.4) is 0 Å². The third kappa shape index (κ3) is 5.24. The molecule has 22 heteroatoms. The largest absolute Gasteiger partial charge is 0.457 e. The predicted molar refractivity (Wildman–Crippen MR) is 67.3 cm³/mol. The third-order valence-corrected chi connectivity index (χ3v) is 9.64. The standard InChI is InChI=1S/C10H4F20P2/c1-2(31(7(23,24)3(11,12)13)8(25,26)4(14,15)16)32(9(27,28)5(17,18)19)10(29,30)6(20,21)22/h2H,1H3. The van der Waals surface area contributed by atoms with Crippen molar-refractivity contribution in [1.82, 2.24) is 0 Å². The number of alkyl halides is 20. The molecule has 0 radical (unpaired) electrons. The van der Waals surface area contributed by atoms with E-state index in [1.165, 1.54) is 0 Å². The van der Waals surface area contributed by atoms with E-state index in [-0.39, 0.29) is 0 Å². The van der Waals surface area contributed by atoms with E-state index >= 15 is 0 Å². The van der Waals surface area contributed by atoms with Gasteiger partial charge < -0.3 is 0 Å². The molecular weight excluding hydrogens is 562 g/mol. The summed E-state index contributed by atoms with van der Waals surface area (Å²) in [6.07, 6.45) is -30.4. The van der Waals surface area contributed by atoms with Gasteiger partial charge in [0.15, 0.2) is 0 Å². The minimum atomic E-state index is -7.61. The Labute approximate surface area is 164 Å². The quantitative estimate of drug-likeness (QED) is 0.223. The van der Waals surface area contributed by atoms with Gasteiger partial charge in [-0.15, -0.1) is 0 Å². The van der Waals surface area contributed by atoms with E-state index in [2.05, 4.69) is 0 Å². The molecule has 0 amide bonds. The molecule has 0 aromatic heterocycles. The summed E-state index contributed by atoms with van der Waals surface area (Å²) in [5.74, 6) is 0. The molecule has 194 valence electrons. The number of hydrogen-bond acceptors (Lipinski definition) is 0. The average molecular weight is 566 g/mol.